The van der Waals surface area contributed by atoms with E-state index in [0.717, 1.165) is 11.1 Å². The minimum atomic E-state index is -1.01. The van der Waals surface area contributed by atoms with Gasteiger partial charge in [-0.15, -0.1) is 0 Å². The van der Waals surface area contributed by atoms with Crippen LogP contribution in [0.3, 0.4) is 0 Å². The highest BCUT2D eigenvalue weighted by Gasteiger charge is 2.34. The maximum absolute atomic E-state index is 13.4. The molecule has 0 bridgehead atoms. The largest absolute Gasteiger partial charge is 0.491 e. The van der Waals surface area contributed by atoms with Gasteiger partial charge in [0.05, 0.1) is 18.2 Å². The molecule has 2 aliphatic rings. The maximum atomic E-state index is 13.4. The van der Waals surface area contributed by atoms with Gasteiger partial charge in [0.1, 0.15) is 12.4 Å². The number of carbonyl (C=O) groups is 2. The monoisotopic (exact) mass is 382 g/mol. The number of rotatable bonds is 3. The van der Waals surface area contributed by atoms with E-state index >= 15 is 0 Å². The SMILES string of the molecule is O=C(O)c1ccc2c(c1)OCC(c1cccnc1)N(C(=O)C1CCOCC1)C2. The number of fused-ring (bicyclic) bond motifs is 1. The molecule has 1 unspecified atom stereocenters. The number of aromatic nitrogens is 1. The van der Waals surface area contributed by atoms with Gasteiger partial charge in [-0.3, -0.25) is 9.78 Å². The number of ether oxygens (including phenoxy) is 2. The molecule has 146 valence electrons. The third-order valence-corrected chi connectivity index (χ3v) is 5.35. The van der Waals surface area contributed by atoms with Crippen molar-refractivity contribution >= 4 is 11.9 Å². The van der Waals surface area contributed by atoms with E-state index in [4.69, 9.17) is 9.47 Å². The first-order valence-corrected chi connectivity index (χ1v) is 9.40. The van der Waals surface area contributed by atoms with Gasteiger partial charge in [-0.05, 0) is 36.6 Å². The minimum Gasteiger partial charge on any atom is -0.491 e. The summed E-state index contributed by atoms with van der Waals surface area (Å²) in [6, 6.07) is 8.29. The van der Waals surface area contributed by atoms with Crippen LogP contribution in [0.5, 0.6) is 5.75 Å². The predicted octanol–water partition coefficient (Wildman–Crippen LogP) is 2.67. The van der Waals surface area contributed by atoms with Crippen molar-refractivity contribution in [3.8, 4) is 5.75 Å². The molecule has 7 heteroatoms. The van der Waals surface area contributed by atoms with Gasteiger partial charge in [-0.1, -0.05) is 12.1 Å². The zero-order valence-electron chi connectivity index (χ0n) is 15.4. The summed E-state index contributed by atoms with van der Waals surface area (Å²) >= 11 is 0. The van der Waals surface area contributed by atoms with Gasteiger partial charge in [0.15, 0.2) is 0 Å². The molecule has 28 heavy (non-hydrogen) atoms. The van der Waals surface area contributed by atoms with Crippen molar-refractivity contribution in [1.29, 1.82) is 0 Å². The van der Waals surface area contributed by atoms with Gasteiger partial charge < -0.3 is 19.5 Å². The van der Waals surface area contributed by atoms with E-state index in [9.17, 15) is 14.7 Å². The summed E-state index contributed by atoms with van der Waals surface area (Å²) in [7, 11) is 0. The van der Waals surface area contributed by atoms with Crippen LogP contribution in [-0.2, 0) is 16.1 Å². The van der Waals surface area contributed by atoms with Crippen LogP contribution < -0.4 is 4.74 Å². The van der Waals surface area contributed by atoms with Crippen molar-refractivity contribution in [2.75, 3.05) is 19.8 Å². The van der Waals surface area contributed by atoms with E-state index in [1.807, 2.05) is 17.0 Å². The van der Waals surface area contributed by atoms with Crippen LogP contribution >= 0.6 is 0 Å². The van der Waals surface area contributed by atoms with Crippen molar-refractivity contribution in [3.63, 3.8) is 0 Å². The highest BCUT2D eigenvalue weighted by atomic mass is 16.5. The summed E-state index contributed by atoms with van der Waals surface area (Å²) in [5.41, 5.74) is 1.87. The average molecular weight is 382 g/mol. The van der Waals surface area contributed by atoms with E-state index in [1.165, 1.54) is 6.07 Å². The Labute approximate surface area is 162 Å². The molecule has 2 aliphatic heterocycles. The fraction of sp³-hybridized carbons (Fsp3) is 0.381. The molecule has 1 fully saturated rings. The lowest BCUT2D eigenvalue weighted by Gasteiger charge is -2.33. The molecule has 0 radical (unpaired) electrons. The van der Waals surface area contributed by atoms with E-state index in [-0.39, 0.29) is 30.0 Å². The summed E-state index contributed by atoms with van der Waals surface area (Å²) in [6.07, 6.45) is 4.86. The summed E-state index contributed by atoms with van der Waals surface area (Å²) in [4.78, 5) is 30.7. The molecule has 4 rings (SSSR count). The number of pyridine rings is 1. The minimum absolute atomic E-state index is 0.0761. The maximum Gasteiger partial charge on any atom is 0.335 e. The first kappa shape index (κ1) is 18.4. The summed E-state index contributed by atoms with van der Waals surface area (Å²) in [5.74, 6) is -0.491. The van der Waals surface area contributed by atoms with Crippen LogP contribution in [0.2, 0.25) is 0 Å². The number of amides is 1. The van der Waals surface area contributed by atoms with E-state index in [2.05, 4.69) is 4.98 Å². The van der Waals surface area contributed by atoms with Crippen molar-refractivity contribution in [2.24, 2.45) is 5.92 Å². The Morgan fingerprint density at radius 1 is 1.18 bits per heavy atom. The highest BCUT2D eigenvalue weighted by molar-refractivity contribution is 5.88. The van der Waals surface area contributed by atoms with Gasteiger partial charge in [0.2, 0.25) is 5.91 Å². The van der Waals surface area contributed by atoms with E-state index in [1.54, 1.807) is 24.5 Å². The Morgan fingerprint density at radius 2 is 2.00 bits per heavy atom. The molecular formula is C21H22N2O5. The smallest absolute Gasteiger partial charge is 0.335 e. The molecule has 0 spiro atoms. The Bertz CT molecular complexity index is 864. The van der Waals surface area contributed by atoms with Crippen molar-refractivity contribution in [1.82, 2.24) is 9.88 Å². The number of carboxylic acids is 1. The fourth-order valence-corrected chi connectivity index (χ4v) is 3.76. The third-order valence-electron chi connectivity index (χ3n) is 5.35. The van der Waals surface area contributed by atoms with Crippen LogP contribution in [0.25, 0.3) is 0 Å². The predicted molar refractivity (Wildman–Crippen MR) is 100.0 cm³/mol. The van der Waals surface area contributed by atoms with Crippen LogP contribution in [0.15, 0.2) is 42.7 Å². The lowest BCUT2D eigenvalue weighted by molar-refractivity contribution is -0.142. The van der Waals surface area contributed by atoms with Crippen LogP contribution in [0.4, 0.5) is 0 Å². The molecule has 1 aromatic heterocycles. The number of carboxylic acid groups (broad SMARTS) is 1. The molecule has 0 saturated carbocycles. The molecule has 1 N–H and O–H groups in total. The van der Waals surface area contributed by atoms with Gasteiger partial charge in [-0.25, -0.2) is 4.79 Å². The Hall–Kier alpha value is -2.93. The molecule has 1 aromatic carbocycles. The molecule has 1 amide bonds. The molecule has 3 heterocycles. The molecule has 7 nitrogen and oxygen atoms in total. The number of aromatic carboxylic acids is 1. The number of nitrogens with zero attached hydrogens (tertiary/aromatic N) is 2. The topological polar surface area (TPSA) is 89.0 Å². The van der Waals surface area contributed by atoms with Gasteiger partial charge in [0, 0.05) is 37.1 Å². The first-order valence-electron chi connectivity index (χ1n) is 9.40. The zero-order valence-corrected chi connectivity index (χ0v) is 15.4. The third kappa shape index (κ3) is 3.71. The second-order valence-corrected chi connectivity index (χ2v) is 7.09. The fourth-order valence-electron chi connectivity index (χ4n) is 3.76. The van der Waals surface area contributed by atoms with Crippen molar-refractivity contribution < 1.29 is 24.2 Å². The Balaban J connectivity index is 1.69. The van der Waals surface area contributed by atoms with Crippen LogP contribution in [0.1, 0.15) is 40.4 Å². The number of benzene rings is 1. The molecule has 2 aromatic rings. The second kappa shape index (κ2) is 7.98. The van der Waals surface area contributed by atoms with Crippen molar-refractivity contribution in [3.05, 3.63) is 59.4 Å². The first-order chi connectivity index (χ1) is 13.6. The van der Waals surface area contributed by atoms with Crippen LogP contribution in [-0.4, -0.2) is 46.7 Å². The molecule has 1 atom stereocenters. The summed E-state index contributed by atoms with van der Waals surface area (Å²) < 4.78 is 11.4. The molecule has 1 saturated heterocycles. The zero-order chi connectivity index (χ0) is 19.5. The van der Waals surface area contributed by atoms with E-state index < -0.39 is 5.97 Å². The number of carbonyl (C=O) groups excluding carboxylic acids is 1. The highest BCUT2D eigenvalue weighted by Crippen LogP contribution is 2.34. The second-order valence-electron chi connectivity index (χ2n) is 7.09. The van der Waals surface area contributed by atoms with Gasteiger partial charge in [-0.2, -0.15) is 0 Å². The Morgan fingerprint density at radius 3 is 2.71 bits per heavy atom. The van der Waals surface area contributed by atoms with E-state index in [0.29, 0.717) is 38.3 Å². The molecular weight excluding hydrogens is 360 g/mol. The lowest BCUT2D eigenvalue weighted by atomic mass is 9.96. The quantitative estimate of drug-likeness (QED) is 0.878. The molecule has 0 aliphatic carbocycles. The average Bonchev–Trinajstić information content (AvgIpc) is 2.93. The number of hydrogen-bond donors (Lipinski definition) is 1. The van der Waals surface area contributed by atoms with Gasteiger partial charge >= 0.3 is 5.97 Å². The summed E-state index contributed by atoms with van der Waals surface area (Å²) in [6.45, 7) is 1.80. The summed E-state index contributed by atoms with van der Waals surface area (Å²) in [5, 5.41) is 9.26. The standard InChI is InChI=1S/C21H22N2O5/c24-20(14-5-8-27-9-6-14)23-12-17-4-3-15(21(25)26)10-19(17)28-13-18(23)16-2-1-7-22-11-16/h1-4,7,10-11,14,18H,5-6,8-9,12-13H2,(H,25,26). The van der Waals surface area contributed by atoms with Gasteiger partial charge in [0.25, 0.3) is 0 Å². The lowest BCUT2D eigenvalue weighted by Crippen LogP contribution is -2.41. The normalized spacial score (nSPS) is 20.0. The van der Waals surface area contributed by atoms with Crippen LogP contribution in [0, 0.1) is 5.92 Å². The number of hydrogen-bond acceptors (Lipinski definition) is 5. The van der Waals surface area contributed by atoms with Crippen molar-refractivity contribution in [2.45, 2.75) is 25.4 Å². The Kier molecular flexibility index (Phi) is 5.25.